The van der Waals surface area contributed by atoms with E-state index in [1.165, 1.54) is 18.1 Å². The van der Waals surface area contributed by atoms with E-state index in [1.54, 1.807) is 36.4 Å². The van der Waals surface area contributed by atoms with Crippen molar-refractivity contribution in [3.05, 3.63) is 69.2 Å². The topological polar surface area (TPSA) is 79.3 Å². The van der Waals surface area contributed by atoms with Crippen LogP contribution < -0.4 is 4.74 Å². The number of hydrogen-bond donors (Lipinski definition) is 1. The van der Waals surface area contributed by atoms with Gasteiger partial charge >= 0.3 is 0 Å². The number of halogens is 2. The molecule has 0 radical (unpaired) electrons. The molecule has 0 bridgehead atoms. The Hall–Kier alpha value is -2.58. The van der Waals surface area contributed by atoms with Crippen LogP contribution in [0.4, 0.5) is 0 Å². The van der Waals surface area contributed by atoms with Crippen LogP contribution in [0.25, 0.3) is 5.76 Å². The molecule has 2 aromatic rings. The first kappa shape index (κ1) is 23.6. The number of morpholine rings is 1. The van der Waals surface area contributed by atoms with E-state index in [-0.39, 0.29) is 16.4 Å². The molecular formula is C24H24Cl2N2O5. The van der Waals surface area contributed by atoms with Crippen LogP contribution in [0.2, 0.25) is 10.0 Å². The molecule has 2 heterocycles. The Labute approximate surface area is 202 Å². The number of carbonyl (C=O) groups excluding carboxylic acids is 2. The maximum atomic E-state index is 13.1. The van der Waals surface area contributed by atoms with Crippen molar-refractivity contribution in [2.24, 2.45) is 0 Å². The Kier molecular flexibility index (Phi) is 7.24. The lowest BCUT2D eigenvalue weighted by molar-refractivity contribution is -0.140. The fraction of sp³-hybridized carbons (Fsp3) is 0.333. The number of likely N-dealkylation sites (tertiary alicyclic amines) is 1. The zero-order valence-electron chi connectivity index (χ0n) is 18.1. The molecule has 7 nitrogen and oxygen atoms in total. The van der Waals surface area contributed by atoms with Crippen molar-refractivity contribution in [3.63, 3.8) is 0 Å². The van der Waals surface area contributed by atoms with Crippen molar-refractivity contribution in [2.75, 3.05) is 46.5 Å². The number of methoxy groups -OCH3 is 1. The number of nitrogens with zero attached hydrogens (tertiary/aromatic N) is 2. The summed E-state index contributed by atoms with van der Waals surface area (Å²) in [6.45, 7) is 3.72. The van der Waals surface area contributed by atoms with Crippen molar-refractivity contribution >= 4 is 40.7 Å². The predicted octanol–water partition coefficient (Wildman–Crippen LogP) is 3.76. The van der Waals surface area contributed by atoms with Crippen molar-refractivity contribution in [1.82, 2.24) is 9.80 Å². The van der Waals surface area contributed by atoms with E-state index in [4.69, 9.17) is 32.7 Å². The van der Waals surface area contributed by atoms with Gasteiger partial charge in [0.1, 0.15) is 11.5 Å². The van der Waals surface area contributed by atoms with Gasteiger partial charge in [-0.1, -0.05) is 35.3 Å². The van der Waals surface area contributed by atoms with Gasteiger partial charge in [0, 0.05) is 36.8 Å². The fourth-order valence-electron chi connectivity index (χ4n) is 4.15. The molecular weight excluding hydrogens is 467 g/mol. The Bertz CT molecular complexity index is 1080. The minimum Gasteiger partial charge on any atom is -0.507 e. The zero-order valence-corrected chi connectivity index (χ0v) is 19.6. The maximum Gasteiger partial charge on any atom is 0.295 e. The lowest BCUT2D eigenvalue weighted by Crippen LogP contribution is -2.42. The van der Waals surface area contributed by atoms with Crippen LogP contribution >= 0.6 is 23.2 Å². The molecule has 4 rings (SSSR count). The molecule has 1 amide bonds. The Balaban J connectivity index is 1.74. The van der Waals surface area contributed by atoms with E-state index < -0.39 is 17.7 Å². The van der Waals surface area contributed by atoms with E-state index >= 15 is 0 Å². The molecule has 0 aliphatic carbocycles. The summed E-state index contributed by atoms with van der Waals surface area (Å²) in [5, 5.41) is 12.0. The average Bonchev–Trinajstić information content (AvgIpc) is 3.08. The zero-order chi connectivity index (χ0) is 23.5. The quantitative estimate of drug-likeness (QED) is 0.377. The lowest BCUT2D eigenvalue weighted by atomic mass is 9.95. The van der Waals surface area contributed by atoms with Crippen molar-refractivity contribution in [1.29, 1.82) is 0 Å². The number of benzene rings is 2. The Morgan fingerprint density at radius 2 is 1.79 bits per heavy atom. The van der Waals surface area contributed by atoms with Crippen LogP contribution in [-0.4, -0.2) is 73.1 Å². The molecule has 2 fully saturated rings. The van der Waals surface area contributed by atoms with Gasteiger partial charge in [-0.2, -0.15) is 0 Å². The molecule has 0 aromatic heterocycles. The lowest BCUT2D eigenvalue weighted by Gasteiger charge is -2.31. The minimum absolute atomic E-state index is 0.0190. The van der Waals surface area contributed by atoms with Crippen LogP contribution in [0.5, 0.6) is 5.75 Å². The highest BCUT2D eigenvalue weighted by Crippen LogP contribution is 2.40. The van der Waals surface area contributed by atoms with Gasteiger partial charge in [0.2, 0.25) is 0 Å². The normalized spacial score (nSPS) is 20.9. The molecule has 2 aromatic carbocycles. The Morgan fingerprint density at radius 3 is 2.42 bits per heavy atom. The number of ketones is 1. The number of amides is 1. The number of carbonyl (C=O) groups is 2. The second-order valence-corrected chi connectivity index (χ2v) is 8.69. The van der Waals surface area contributed by atoms with E-state index in [1.807, 2.05) is 0 Å². The number of aliphatic hydroxyl groups excluding tert-OH is 1. The van der Waals surface area contributed by atoms with Crippen LogP contribution in [0.15, 0.2) is 48.0 Å². The van der Waals surface area contributed by atoms with Gasteiger partial charge < -0.3 is 19.5 Å². The first-order chi connectivity index (χ1) is 15.9. The standard InChI is InChI=1S/C24H24Cl2N2O5/c1-32-19-7-4-16(14-18(19)26)22(29)20-21(15-2-5-17(25)6-3-15)28(24(31)23(20)30)9-8-27-10-12-33-13-11-27/h2-7,14,21,29H,8-13H2,1H3/b22-20+/t21-/m0/s1. The van der Waals surface area contributed by atoms with E-state index in [2.05, 4.69) is 4.90 Å². The fourth-order valence-corrected chi connectivity index (χ4v) is 4.53. The third-order valence-corrected chi connectivity index (χ3v) is 6.46. The van der Waals surface area contributed by atoms with Gasteiger partial charge in [-0.3, -0.25) is 14.5 Å². The highest BCUT2D eigenvalue weighted by Gasteiger charge is 2.46. The third-order valence-electron chi connectivity index (χ3n) is 5.91. The molecule has 2 aliphatic heterocycles. The number of aliphatic hydroxyl groups is 1. The summed E-state index contributed by atoms with van der Waals surface area (Å²) in [7, 11) is 1.49. The van der Waals surface area contributed by atoms with Gasteiger partial charge in [-0.15, -0.1) is 0 Å². The molecule has 0 unspecified atom stereocenters. The SMILES string of the molecule is COc1ccc(/C(O)=C2\C(=O)C(=O)N(CCN3CCOCC3)[C@H]2c2ccc(Cl)cc2)cc1Cl. The molecule has 2 saturated heterocycles. The number of ether oxygens (including phenoxy) is 2. The van der Waals surface area contributed by atoms with Gasteiger partial charge in [-0.05, 0) is 35.9 Å². The highest BCUT2D eigenvalue weighted by molar-refractivity contribution is 6.46. The molecule has 2 aliphatic rings. The average molecular weight is 491 g/mol. The summed E-state index contributed by atoms with van der Waals surface area (Å²) in [6.07, 6.45) is 0. The molecule has 1 atom stereocenters. The maximum absolute atomic E-state index is 13.1. The van der Waals surface area contributed by atoms with Crippen molar-refractivity contribution < 1.29 is 24.2 Å². The van der Waals surface area contributed by atoms with E-state index in [0.29, 0.717) is 48.2 Å². The highest BCUT2D eigenvalue weighted by atomic mass is 35.5. The number of hydrogen-bond acceptors (Lipinski definition) is 6. The molecule has 33 heavy (non-hydrogen) atoms. The predicted molar refractivity (Wildman–Crippen MR) is 126 cm³/mol. The molecule has 174 valence electrons. The van der Waals surface area contributed by atoms with Crippen LogP contribution in [-0.2, 0) is 14.3 Å². The largest absolute Gasteiger partial charge is 0.507 e. The second-order valence-electron chi connectivity index (χ2n) is 7.85. The van der Waals surface area contributed by atoms with Crippen LogP contribution in [0, 0.1) is 0 Å². The summed E-state index contributed by atoms with van der Waals surface area (Å²) >= 11 is 12.3. The third kappa shape index (κ3) is 4.87. The summed E-state index contributed by atoms with van der Waals surface area (Å²) in [6, 6.07) is 10.9. The van der Waals surface area contributed by atoms with Crippen molar-refractivity contribution in [2.45, 2.75) is 6.04 Å². The smallest absolute Gasteiger partial charge is 0.295 e. The minimum atomic E-state index is -0.746. The van der Waals surface area contributed by atoms with E-state index in [9.17, 15) is 14.7 Å². The Morgan fingerprint density at radius 1 is 1.09 bits per heavy atom. The van der Waals surface area contributed by atoms with Gasteiger partial charge in [-0.25, -0.2) is 0 Å². The number of Topliss-reactive ketones (excluding diaryl/α,β-unsaturated/α-hetero) is 1. The van der Waals surface area contributed by atoms with Crippen LogP contribution in [0.1, 0.15) is 17.2 Å². The van der Waals surface area contributed by atoms with Crippen molar-refractivity contribution in [3.8, 4) is 5.75 Å². The van der Waals surface area contributed by atoms with Gasteiger partial charge in [0.15, 0.2) is 0 Å². The van der Waals surface area contributed by atoms with E-state index in [0.717, 1.165) is 13.1 Å². The molecule has 0 spiro atoms. The molecule has 1 N–H and O–H groups in total. The summed E-state index contributed by atoms with van der Waals surface area (Å²) in [5.41, 5.74) is 1.03. The van der Waals surface area contributed by atoms with Gasteiger partial charge in [0.05, 0.1) is 37.0 Å². The second kappa shape index (κ2) is 10.1. The first-order valence-electron chi connectivity index (χ1n) is 10.6. The monoisotopic (exact) mass is 490 g/mol. The van der Waals surface area contributed by atoms with Gasteiger partial charge in [0.25, 0.3) is 11.7 Å². The summed E-state index contributed by atoms with van der Waals surface area (Å²) in [5.74, 6) is -1.23. The first-order valence-corrected chi connectivity index (χ1v) is 11.3. The summed E-state index contributed by atoms with van der Waals surface area (Å²) in [4.78, 5) is 29.9. The summed E-state index contributed by atoms with van der Waals surface area (Å²) < 4.78 is 10.6. The molecule has 0 saturated carbocycles. The van der Waals surface area contributed by atoms with Crippen LogP contribution in [0.3, 0.4) is 0 Å². The molecule has 9 heteroatoms. The number of rotatable bonds is 6.